The Morgan fingerprint density at radius 2 is 2.21 bits per heavy atom. The lowest BCUT2D eigenvalue weighted by Crippen LogP contribution is -2.25. The molecule has 102 valence electrons. The van der Waals surface area contributed by atoms with Crippen molar-refractivity contribution >= 4 is 21.4 Å². The third-order valence-corrected chi connectivity index (χ3v) is 4.82. The summed E-state index contributed by atoms with van der Waals surface area (Å²) in [6.45, 7) is 2.02. The van der Waals surface area contributed by atoms with E-state index in [1.807, 2.05) is 6.92 Å². The van der Waals surface area contributed by atoms with Crippen molar-refractivity contribution in [3.05, 3.63) is 40.2 Å². The number of sulfonamides is 1. The van der Waals surface area contributed by atoms with Crippen molar-refractivity contribution in [1.29, 1.82) is 0 Å². The number of nitrogens with one attached hydrogen (secondary N) is 1. The number of nitrogens with zero attached hydrogens (tertiary/aromatic N) is 2. The predicted molar refractivity (Wildman–Crippen MR) is 69.7 cm³/mol. The van der Waals surface area contributed by atoms with Crippen molar-refractivity contribution in [2.45, 2.75) is 24.9 Å². The fraction of sp³-hybridized carbons (Fsp3) is 0.273. The first-order valence-electron chi connectivity index (χ1n) is 5.56. The lowest BCUT2D eigenvalue weighted by molar-refractivity contribution is 0.544. The van der Waals surface area contributed by atoms with Crippen LogP contribution in [0.25, 0.3) is 0 Å². The van der Waals surface area contributed by atoms with Crippen LogP contribution in [-0.4, -0.2) is 18.4 Å². The van der Waals surface area contributed by atoms with Gasteiger partial charge in [-0.15, -0.1) is 11.3 Å². The normalized spacial score (nSPS) is 11.7. The van der Waals surface area contributed by atoms with E-state index in [4.69, 9.17) is 0 Å². The minimum Gasteiger partial charge on any atom is -0.248 e. The number of aromatic nitrogens is 2. The highest BCUT2D eigenvalue weighted by atomic mass is 32.2. The molecule has 2 rings (SSSR count). The summed E-state index contributed by atoms with van der Waals surface area (Å²) < 4.78 is 39.4. The second-order valence-electron chi connectivity index (χ2n) is 3.69. The average molecular weight is 301 g/mol. The molecule has 0 unspecified atom stereocenters. The zero-order valence-electron chi connectivity index (χ0n) is 10.1. The third kappa shape index (κ3) is 3.34. The topological polar surface area (TPSA) is 72.0 Å². The molecular formula is C11H12FN3O2S2. The first-order chi connectivity index (χ1) is 9.03. The number of thiazole rings is 1. The van der Waals surface area contributed by atoms with Gasteiger partial charge in [-0.3, -0.25) is 0 Å². The van der Waals surface area contributed by atoms with E-state index >= 15 is 0 Å². The van der Waals surface area contributed by atoms with Crippen LogP contribution in [0.5, 0.6) is 0 Å². The van der Waals surface area contributed by atoms with E-state index in [1.54, 1.807) is 6.20 Å². The van der Waals surface area contributed by atoms with Crippen LogP contribution in [-0.2, 0) is 23.0 Å². The van der Waals surface area contributed by atoms with Crippen LogP contribution in [0.3, 0.4) is 0 Å². The second-order valence-corrected chi connectivity index (χ2v) is 6.57. The third-order valence-electron chi connectivity index (χ3n) is 2.34. The van der Waals surface area contributed by atoms with Crippen molar-refractivity contribution in [3.63, 3.8) is 0 Å². The Bertz CT molecular complexity index is 670. The Labute approximate surface area is 114 Å². The van der Waals surface area contributed by atoms with Crippen molar-refractivity contribution in [3.8, 4) is 0 Å². The number of halogens is 1. The minimum atomic E-state index is -3.96. The minimum absolute atomic E-state index is 0.0308. The van der Waals surface area contributed by atoms with Crippen molar-refractivity contribution in [1.82, 2.24) is 14.7 Å². The highest BCUT2D eigenvalue weighted by Gasteiger charge is 2.20. The molecule has 0 amide bonds. The molecule has 0 saturated carbocycles. The van der Waals surface area contributed by atoms with E-state index in [0.717, 1.165) is 17.4 Å². The maximum Gasteiger partial charge on any atom is 0.261 e. The van der Waals surface area contributed by atoms with E-state index in [1.165, 1.54) is 23.6 Å². The fourth-order valence-electron chi connectivity index (χ4n) is 1.39. The molecule has 0 fully saturated rings. The SMILES string of the molecule is CCc1cnc(CNS(=O)(=O)c2ncccc2F)s1. The summed E-state index contributed by atoms with van der Waals surface area (Å²) in [5.41, 5.74) is 0. The average Bonchev–Trinajstić information content (AvgIpc) is 2.85. The highest BCUT2D eigenvalue weighted by molar-refractivity contribution is 7.89. The van der Waals surface area contributed by atoms with E-state index in [9.17, 15) is 12.8 Å². The van der Waals surface area contributed by atoms with Gasteiger partial charge in [0.05, 0.1) is 6.54 Å². The number of hydrogen-bond donors (Lipinski definition) is 1. The van der Waals surface area contributed by atoms with Gasteiger partial charge in [0.15, 0.2) is 5.82 Å². The van der Waals surface area contributed by atoms with Crippen LogP contribution in [0.1, 0.15) is 16.8 Å². The summed E-state index contributed by atoms with van der Waals surface area (Å²) in [6.07, 6.45) is 3.78. The number of hydrogen-bond acceptors (Lipinski definition) is 5. The molecule has 0 spiro atoms. The lowest BCUT2D eigenvalue weighted by atomic mass is 10.4. The molecule has 2 heterocycles. The molecule has 0 aliphatic heterocycles. The van der Waals surface area contributed by atoms with Gasteiger partial charge in [-0.2, -0.15) is 0 Å². The lowest BCUT2D eigenvalue weighted by Gasteiger charge is -2.04. The molecular weight excluding hydrogens is 289 g/mol. The smallest absolute Gasteiger partial charge is 0.248 e. The highest BCUT2D eigenvalue weighted by Crippen LogP contribution is 2.15. The van der Waals surface area contributed by atoms with Crippen molar-refractivity contribution in [2.24, 2.45) is 0 Å². The summed E-state index contributed by atoms with van der Waals surface area (Å²) in [4.78, 5) is 8.69. The van der Waals surface area contributed by atoms with Crippen LogP contribution in [0.15, 0.2) is 29.6 Å². The van der Waals surface area contributed by atoms with Gasteiger partial charge in [0, 0.05) is 17.3 Å². The van der Waals surface area contributed by atoms with Gasteiger partial charge >= 0.3 is 0 Å². The summed E-state index contributed by atoms with van der Waals surface area (Å²) in [5.74, 6) is -0.872. The molecule has 0 bridgehead atoms. The van der Waals surface area contributed by atoms with Gasteiger partial charge in [-0.05, 0) is 18.6 Å². The van der Waals surface area contributed by atoms with Gasteiger partial charge < -0.3 is 0 Å². The Hall–Kier alpha value is -1.38. The molecule has 2 aromatic rings. The van der Waals surface area contributed by atoms with Crippen LogP contribution in [0.4, 0.5) is 4.39 Å². The molecule has 19 heavy (non-hydrogen) atoms. The molecule has 2 aromatic heterocycles. The Balaban J connectivity index is 2.12. The predicted octanol–water partition coefficient (Wildman–Crippen LogP) is 1.72. The van der Waals surface area contributed by atoms with Gasteiger partial charge in [0.1, 0.15) is 5.01 Å². The van der Waals surface area contributed by atoms with Crippen LogP contribution < -0.4 is 4.72 Å². The zero-order valence-corrected chi connectivity index (χ0v) is 11.8. The molecule has 0 radical (unpaired) electrons. The molecule has 0 atom stereocenters. The molecule has 0 aliphatic rings. The van der Waals surface area contributed by atoms with Crippen LogP contribution in [0, 0.1) is 5.82 Å². The Kier molecular flexibility index (Phi) is 4.23. The number of pyridine rings is 1. The second kappa shape index (κ2) is 5.72. The van der Waals surface area contributed by atoms with Crippen LogP contribution >= 0.6 is 11.3 Å². The van der Waals surface area contributed by atoms with E-state index in [2.05, 4.69) is 14.7 Å². The van der Waals surface area contributed by atoms with Gasteiger partial charge in [-0.1, -0.05) is 6.92 Å². The van der Waals surface area contributed by atoms with Gasteiger partial charge in [0.25, 0.3) is 10.0 Å². The van der Waals surface area contributed by atoms with Gasteiger partial charge in [-0.25, -0.2) is 27.5 Å². The molecule has 0 aliphatic carbocycles. The van der Waals surface area contributed by atoms with Crippen molar-refractivity contribution in [2.75, 3.05) is 0 Å². The largest absolute Gasteiger partial charge is 0.261 e. The number of aryl methyl sites for hydroxylation is 1. The van der Waals surface area contributed by atoms with E-state index < -0.39 is 20.9 Å². The fourth-order valence-corrected chi connectivity index (χ4v) is 3.27. The quantitative estimate of drug-likeness (QED) is 0.912. The van der Waals surface area contributed by atoms with Gasteiger partial charge in [0.2, 0.25) is 5.03 Å². The van der Waals surface area contributed by atoms with Crippen molar-refractivity contribution < 1.29 is 12.8 Å². The summed E-state index contributed by atoms with van der Waals surface area (Å²) in [6, 6.07) is 2.39. The maximum atomic E-state index is 13.4. The molecule has 8 heteroatoms. The van der Waals surface area contributed by atoms with Crippen LogP contribution in [0.2, 0.25) is 0 Å². The Morgan fingerprint density at radius 3 is 2.84 bits per heavy atom. The summed E-state index contributed by atoms with van der Waals surface area (Å²) in [5, 5.41) is 0.0408. The van der Waals surface area contributed by atoms with E-state index in [-0.39, 0.29) is 6.54 Å². The molecule has 0 aromatic carbocycles. The molecule has 1 N–H and O–H groups in total. The first kappa shape index (κ1) is 14.0. The molecule has 0 saturated heterocycles. The maximum absolute atomic E-state index is 13.4. The monoisotopic (exact) mass is 301 g/mol. The number of rotatable bonds is 5. The van der Waals surface area contributed by atoms with E-state index in [0.29, 0.717) is 5.01 Å². The first-order valence-corrected chi connectivity index (χ1v) is 7.86. The standard InChI is InChI=1S/C11H12FN3O2S2/c1-2-8-6-14-10(18-8)7-15-19(16,17)11-9(12)4-3-5-13-11/h3-6,15H,2,7H2,1H3. The Morgan fingerprint density at radius 1 is 1.42 bits per heavy atom. The summed E-state index contributed by atoms with van der Waals surface area (Å²) >= 11 is 1.42. The molecule has 5 nitrogen and oxygen atoms in total. The zero-order chi connectivity index (χ0) is 13.9. The summed E-state index contributed by atoms with van der Waals surface area (Å²) in [7, 11) is -3.96.